The van der Waals surface area contributed by atoms with Gasteiger partial charge in [0.05, 0.1) is 11.1 Å². The van der Waals surface area contributed by atoms with Crippen LogP contribution in [0.1, 0.15) is 31.8 Å². The van der Waals surface area contributed by atoms with Crippen molar-refractivity contribution >= 4 is 11.6 Å². The SMILES string of the molecule is O=C1c2cccc(O)c2C(=O)c2c(O)cccc21.[Y]. The predicted molar refractivity (Wildman–Crippen MR) is 63.1 cm³/mol. The number of phenols is 2. The Hall–Kier alpha value is -1.52. The van der Waals surface area contributed by atoms with Gasteiger partial charge in [0.25, 0.3) is 0 Å². The molecule has 5 heteroatoms. The van der Waals surface area contributed by atoms with E-state index in [0.717, 1.165) is 0 Å². The van der Waals surface area contributed by atoms with E-state index in [1.807, 2.05) is 0 Å². The molecule has 3 rings (SSSR count). The molecule has 0 unspecified atom stereocenters. The molecule has 2 aromatic rings. The van der Waals surface area contributed by atoms with Gasteiger partial charge in [0.2, 0.25) is 5.78 Å². The minimum absolute atomic E-state index is 0. The van der Waals surface area contributed by atoms with Gasteiger partial charge in [0.15, 0.2) is 5.78 Å². The number of carbonyl (C=O) groups is 2. The van der Waals surface area contributed by atoms with Crippen molar-refractivity contribution in [2.75, 3.05) is 0 Å². The van der Waals surface area contributed by atoms with Crippen LogP contribution in [0.2, 0.25) is 0 Å². The van der Waals surface area contributed by atoms with Gasteiger partial charge < -0.3 is 10.2 Å². The number of benzene rings is 2. The Morgan fingerprint density at radius 3 is 1.53 bits per heavy atom. The van der Waals surface area contributed by atoms with Crippen LogP contribution in [-0.4, -0.2) is 21.8 Å². The van der Waals surface area contributed by atoms with Crippen LogP contribution in [0.5, 0.6) is 11.5 Å². The van der Waals surface area contributed by atoms with E-state index in [1.165, 1.54) is 36.4 Å². The Morgan fingerprint density at radius 1 is 0.684 bits per heavy atom. The zero-order valence-electron chi connectivity index (χ0n) is 9.75. The van der Waals surface area contributed by atoms with Gasteiger partial charge in [0, 0.05) is 43.8 Å². The second-order valence-corrected chi connectivity index (χ2v) is 4.06. The van der Waals surface area contributed by atoms with E-state index >= 15 is 0 Å². The summed E-state index contributed by atoms with van der Waals surface area (Å²) >= 11 is 0. The average molecular weight is 329 g/mol. The average Bonchev–Trinajstić information content (AvgIpc) is 2.35. The Morgan fingerprint density at radius 2 is 1.11 bits per heavy atom. The molecule has 0 saturated carbocycles. The Kier molecular flexibility index (Phi) is 3.56. The van der Waals surface area contributed by atoms with Gasteiger partial charge >= 0.3 is 0 Å². The number of carbonyl (C=O) groups excluding carboxylic acids is 2. The zero-order chi connectivity index (χ0) is 12.9. The second kappa shape index (κ2) is 4.87. The number of fused-ring (bicyclic) bond motifs is 2. The minimum Gasteiger partial charge on any atom is -0.507 e. The molecule has 19 heavy (non-hydrogen) atoms. The monoisotopic (exact) mass is 329 g/mol. The quantitative estimate of drug-likeness (QED) is 0.660. The van der Waals surface area contributed by atoms with Crippen molar-refractivity contribution in [3.63, 3.8) is 0 Å². The van der Waals surface area contributed by atoms with E-state index in [-0.39, 0.29) is 72.2 Å². The van der Waals surface area contributed by atoms with Gasteiger partial charge in [0.1, 0.15) is 11.5 Å². The standard InChI is InChI=1S/C14H8O4.Y/c15-9-5-1-3-7-11(9)14(18)12-8(13(7)17)4-2-6-10(12)16;/h1-6,15-16H;. The summed E-state index contributed by atoms with van der Waals surface area (Å²) < 4.78 is 0. The van der Waals surface area contributed by atoms with Crippen molar-refractivity contribution in [2.45, 2.75) is 0 Å². The molecule has 1 aliphatic carbocycles. The molecule has 0 atom stereocenters. The summed E-state index contributed by atoms with van der Waals surface area (Å²) in [4.78, 5) is 24.4. The van der Waals surface area contributed by atoms with Crippen molar-refractivity contribution in [1.29, 1.82) is 0 Å². The van der Waals surface area contributed by atoms with E-state index in [4.69, 9.17) is 0 Å². The fourth-order valence-corrected chi connectivity index (χ4v) is 2.21. The third-order valence-electron chi connectivity index (χ3n) is 3.03. The van der Waals surface area contributed by atoms with Crippen molar-refractivity contribution in [3.05, 3.63) is 58.7 Å². The molecule has 1 radical (unpaired) electrons. The van der Waals surface area contributed by atoms with Gasteiger partial charge in [-0.25, -0.2) is 0 Å². The smallest absolute Gasteiger partial charge is 0.201 e. The minimum atomic E-state index is -0.532. The molecule has 91 valence electrons. The molecule has 0 aromatic heterocycles. The van der Waals surface area contributed by atoms with Gasteiger partial charge in [-0.15, -0.1) is 0 Å². The molecular weight excluding hydrogens is 321 g/mol. The fourth-order valence-electron chi connectivity index (χ4n) is 2.21. The van der Waals surface area contributed by atoms with Crippen LogP contribution < -0.4 is 0 Å². The van der Waals surface area contributed by atoms with Crippen LogP contribution in [-0.2, 0) is 32.7 Å². The zero-order valence-corrected chi connectivity index (χ0v) is 12.6. The number of aromatic hydroxyl groups is 2. The van der Waals surface area contributed by atoms with Crippen LogP contribution in [0.15, 0.2) is 36.4 Å². The van der Waals surface area contributed by atoms with Crippen LogP contribution in [0.3, 0.4) is 0 Å². The molecule has 0 spiro atoms. The van der Waals surface area contributed by atoms with Crippen molar-refractivity contribution in [1.82, 2.24) is 0 Å². The van der Waals surface area contributed by atoms with Crippen molar-refractivity contribution < 1.29 is 52.5 Å². The van der Waals surface area contributed by atoms with Gasteiger partial charge in [-0.05, 0) is 12.1 Å². The Bertz CT molecular complexity index is 649. The molecule has 1 aliphatic rings. The molecule has 2 N–H and O–H groups in total. The third kappa shape index (κ3) is 1.92. The first-order chi connectivity index (χ1) is 8.61. The van der Waals surface area contributed by atoms with Crippen molar-refractivity contribution in [3.8, 4) is 11.5 Å². The molecule has 0 fully saturated rings. The molecule has 0 amide bonds. The normalized spacial score (nSPS) is 12.4. The first-order valence-corrected chi connectivity index (χ1v) is 5.34. The first kappa shape index (κ1) is 13.9. The number of hydrogen-bond donors (Lipinski definition) is 2. The van der Waals surface area contributed by atoms with Gasteiger partial charge in [-0.2, -0.15) is 0 Å². The Balaban J connectivity index is 0.00000133. The maximum atomic E-state index is 12.2. The Labute approximate surface area is 134 Å². The second-order valence-electron chi connectivity index (χ2n) is 4.06. The van der Waals surface area contributed by atoms with E-state index in [9.17, 15) is 19.8 Å². The van der Waals surface area contributed by atoms with Crippen molar-refractivity contribution in [2.24, 2.45) is 0 Å². The van der Waals surface area contributed by atoms with E-state index in [1.54, 1.807) is 0 Å². The number of phenolic OH excluding ortho intramolecular Hbond substituents is 2. The molecule has 2 aromatic carbocycles. The number of rotatable bonds is 0. The number of ketones is 2. The molecule has 0 bridgehead atoms. The molecule has 4 nitrogen and oxygen atoms in total. The summed E-state index contributed by atoms with van der Waals surface area (Å²) in [6.07, 6.45) is 0. The number of hydrogen-bond acceptors (Lipinski definition) is 4. The summed E-state index contributed by atoms with van der Waals surface area (Å²) in [5.74, 6) is -1.40. The summed E-state index contributed by atoms with van der Waals surface area (Å²) in [5, 5.41) is 19.4. The molecule has 0 saturated heterocycles. The predicted octanol–water partition coefficient (Wildman–Crippen LogP) is 1.87. The van der Waals surface area contributed by atoms with E-state index in [0.29, 0.717) is 0 Å². The first-order valence-electron chi connectivity index (χ1n) is 5.34. The van der Waals surface area contributed by atoms with Gasteiger partial charge in [-0.3, -0.25) is 9.59 Å². The topological polar surface area (TPSA) is 74.6 Å². The molecule has 0 aliphatic heterocycles. The van der Waals surface area contributed by atoms with Crippen LogP contribution in [0, 0.1) is 0 Å². The van der Waals surface area contributed by atoms with Crippen LogP contribution in [0.4, 0.5) is 0 Å². The van der Waals surface area contributed by atoms with E-state index in [2.05, 4.69) is 0 Å². The maximum absolute atomic E-state index is 12.2. The summed E-state index contributed by atoms with van der Waals surface area (Å²) in [6.45, 7) is 0. The summed E-state index contributed by atoms with van der Waals surface area (Å²) in [7, 11) is 0. The maximum Gasteiger partial charge on any atom is 0.201 e. The largest absolute Gasteiger partial charge is 0.507 e. The fraction of sp³-hybridized carbons (Fsp3) is 0. The van der Waals surface area contributed by atoms with Gasteiger partial charge in [-0.1, -0.05) is 24.3 Å². The summed E-state index contributed by atoms with van der Waals surface area (Å²) in [5.41, 5.74) is 0.240. The third-order valence-corrected chi connectivity index (χ3v) is 3.03. The van der Waals surface area contributed by atoms with E-state index < -0.39 is 5.78 Å². The van der Waals surface area contributed by atoms with Crippen LogP contribution in [0.25, 0.3) is 0 Å². The summed E-state index contributed by atoms with van der Waals surface area (Å²) in [6, 6.07) is 8.68. The van der Waals surface area contributed by atoms with Crippen LogP contribution >= 0.6 is 0 Å². The molecular formula is C14H8O4Y. The molecule has 0 heterocycles.